The summed E-state index contributed by atoms with van der Waals surface area (Å²) >= 11 is 0. The van der Waals surface area contributed by atoms with E-state index in [1.54, 1.807) is 44.2 Å². The first-order valence-electron chi connectivity index (χ1n) is 11.6. The number of ether oxygens (including phenoxy) is 2. The lowest BCUT2D eigenvalue weighted by molar-refractivity contribution is -0.170. The third kappa shape index (κ3) is 6.57. The molecule has 0 amide bonds. The molecule has 0 spiro atoms. The van der Waals surface area contributed by atoms with Gasteiger partial charge < -0.3 is 29.0 Å². The molecule has 3 N–H and O–H groups in total. The van der Waals surface area contributed by atoms with Crippen molar-refractivity contribution in [2.24, 2.45) is 5.11 Å². The lowest BCUT2D eigenvalue weighted by Gasteiger charge is -2.35. The number of esters is 1. The highest BCUT2D eigenvalue weighted by Crippen LogP contribution is 2.43. The number of azide groups is 1. The van der Waals surface area contributed by atoms with Gasteiger partial charge in [0.2, 0.25) is 5.72 Å². The van der Waals surface area contributed by atoms with Crippen molar-refractivity contribution in [1.29, 1.82) is 0 Å². The molecular weight excluding hydrogens is 539 g/mol. The van der Waals surface area contributed by atoms with E-state index in [4.69, 9.17) is 24.4 Å². The van der Waals surface area contributed by atoms with Gasteiger partial charge in [-0.1, -0.05) is 28.1 Å². The van der Waals surface area contributed by atoms with Gasteiger partial charge in [0.25, 0.3) is 13.7 Å². The fourth-order valence-corrected chi connectivity index (χ4v) is 4.73. The van der Waals surface area contributed by atoms with Crippen LogP contribution in [0.25, 0.3) is 10.4 Å². The number of carbonyl (C=O) groups excluding carboxylic acids is 1. The largest absolute Gasteiger partial charge is 0.462 e. The summed E-state index contributed by atoms with van der Waals surface area (Å²) in [6.45, 7) is 5.14. The first-order valence-corrected chi connectivity index (χ1v) is 12.9. The molecule has 0 aliphatic carbocycles. The molecular formula is C22H29N6O10P. The summed E-state index contributed by atoms with van der Waals surface area (Å²) in [5.74, 6) is -0.579. The minimum Gasteiger partial charge on any atom is -0.462 e. The van der Waals surface area contributed by atoms with Crippen LogP contribution in [0.2, 0.25) is 0 Å². The second kappa shape index (κ2) is 12.1. The Hall–Kier alpha value is -3.49. The lowest BCUT2D eigenvalue weighted by Crippen LogP contribution is -2.50. The summed E-state index contributed by atoms with van der Waals surface area (Å²) in [4.78, 5) is 47.6. The van der Waals surface area contributed by atoms with Crippen LogP contribution in [-0.2, 0) is 23.4 Å². The average Bonchev–Trinajstić information content (AvgIpc) is 3.11. The van der Waals surface area contributed by atoms with Crippen LogP contribution in [0.4, 0.5) is 0 Å². The molecule has 5 atom stereocenters. The van der Waals surface area contributed by atoms with Crippen molar-refractivity contribution in [1.82, 2.24) is 14.4 Å². The number of nitrogens with zero attached hydrogens (tertiary/aromatic N) is 5. The van der Waals surface area contributed by atoms with Gasteiger partial charge in [-0.3, -0.25) is 18.9 Å². The number of H-pyrrole nitrogens is 1. The lowest BCUT2D eigenvalue weighted by atomic mass is 10.1. The molecule has 1 unspecified atom stereocenters. The maximum Gasteiger partial charge on any atom is 0.330 e. The fourth-order valence-electron chi connectivity index (χ4n) is 3.56. The number of aromatic nitrogens is 2. The predicted octanol–water partition coefficient (Wildman–Crippen LogP) is 1.23. The van der Waals surface area contributed by atoms with Gasteiger partial charge in [-0.25, -0.2) is 9.59 Å². The average molecular weight is 568 g/mol. The molecule has 1 aromatic heterocycles. The van der Waals surface area contributed by atoms with E-state index in [0.717, 1.165) is 21.7 Å². The van der Waals surface area contributed by atoms with E-state index in [9.17, 15) is 29.2 Å². The number of carbonyl (C=O) groups is 1. The number of hydrogen-bond acceptors (Lipinski definition) is 11. The van der Waals surface area contributed by atoms with Crippen LogP contribution < -0.4 is 16.1 Å². The second-order valence-electron chi connectivity index (χ2n) is 9.26. The van der Waals surface area contributed by atoms with E-state index in [0.29, 0.717) is 0 Å². The fraction of sp³-hybridized carbons (Fsp3) is 0.500. The summed E-state index contributed by atoms with van der Waals surface area (Å²) in [5.41, 5.74) is 3.42. The van der Waals surface area contributed by atoms with Gasteiger partial charge in [0.1, 0.15) is 18.0 Å². The SMILES string of the molecule is CC(C)OC(=O)C(C)(C)N(Oc1ccccc1)[PH](=O)OC[C@@]1(N=[N+]=[N-])O[C@@H](n2ccc(=O)[nH]c2=O)[C@H](O)[C@@H]1O. The molecule has 3 rings (SSSR count). The van der Waals surface area contributed by atoms with Gasteiger partial charge in [0.15, 0.2) is 11.8 Å². The first-order chi connectivity index (χ1) is 18.3. The number of aliphatic hydroxyl groups excluding tert-OH is 2. The number of nitrogens with one attached hydrogen (secondary N) is 1. The third-order valence-corrected chi connectivity index (χ3v) is 6.97. The van der Waals surface area contributed by atoms with Crippen LogP contribution >= 0.6 is 8.18 Å². The van der Waals surface area contributed by atoms with Crippen molar-refractivity contribution in [2.45, 2.75) is 63.5 Å². The molecule has 16 nitrogen and oxygen atoms in total. The molecule has 1 aliphatic heterocycles. The molecule has 0 saturated carbocycles. The van der Waals surface area contributed by atoms with Gasteiger partial charge in [-0.05, 0) is 45.4 Å². The Morgan fingerprint density at radius 2 is 1.97 bits per heavy atom. The van der Waals surface area contributed by atoms with Crippen molar-refractivity contribution >= 4 is 14.1 Å². The van der Waals surface area contributed by atoms with Crippen LogP contribution in [0, 0.1) is 0 Å². The zero-order valence-electron chi connectivity index (χ0n) is 21.5. The van der Waals surface area contributed by atoms with E-state index in [1.807, 2.05) is 4.98 Å². The van der Waals surface area contributed by atoms with Crippen molar-refractivity contribution < 1.29 is 38.4 Å². The molecule has 2 heterocycles. The molecule has 17 heteroatoms. The van der Waals surface area contributed by atoms with Crippen LogP contribution in [-0.4, -0.2) is 66.7 Å². The zero-order valence-corrected chi connectivity index (χ0v) is 22.5. The van der Waals surface area contributed by atoms with Gasteiger partial charge in [0, 0.05) is 17.2 Å². The third-order valence-electron chi connectivity index (χ3n) is 5.60. The van der Waals surface area contributed by atoms with Crippen molar-refractivity contribution in [2.75, 3.05) is 6.61 Å². The minimum atomic E-state index is -3.55. The standard InChI is InChI=1S/C22H29N6O10P/c1-13(2)36-19(32)21(3,4)28(38-14-8-6-5-7-9-14)39(34)35-12-22(25-26-23)17(31)16(30)18(37-22)27-11-10-15(29)24-20(27)33/h5-11,13,16-18,30-31,39H,12H2,1-4H3,(H,24,29,33)/t16-,17+,18-,22-/m1/s1. The van der Waals surface area contributed by atoms with Crippen molar-refractivity contribution in [3.05, 3.63) is 73.9 Å². The molecule has 0 radical (unpaired) electrons. The normalized spacial score (nSPS) is 23.8. The van der Waals surface area contributed by atoms with E-state index < -0.39 is 67.8 Å². The van der Waals surface area contributed by atoms with Gasteiger partial charge >= 0.3 is 11.7 Å². The van der Waals surface area contributed by atoms with Gasteiger partial charge in [-0.15, -0.1) is 0 Å². The number of para-hydroxylation sites is 1. The summed E-state index contributed by atoms with van der Waals surface area (Å²) in [6, 6.07) is 9.06. The number of benzene rings is 1. The monoisotopic (exact) mass is 568 g/mol. The topological polar surface area (TPSA) is 218 Å². The molecule has 2 aromatic rings. The van der Waals surface area contributed by atoms with Crippen LogP contribution in [0.1, 0.15) is 33.9 Å². The smallest absolute Gasteiger partial charge is 0.330 e. The Morgan fingerprint density at radius 3 is 2.56 bits per heavy atom. The highest BCUT2D eigenvalue weighted by atomic mass is 31.1. The predicted molar refractivity (Wildman–Crippen MR) is 135 cm³/mol. The Labute approximate surface area is 222 Å². The molecule has 1 saturated heterocycles. The number of aliphatic hydroxyl groups is 2. The first kappa shape index (κ1) is 30.1. The number of hydroxylamine groups is 1. The van der Waals surface area contributed by atoms with Gasteiger partial charge in [-0.2, -0.15) is 0 Å². The van der Waals surface area contributed by atoms with E-state index in [1.165, 1.54) is 13.8 Å². The molecule has 39 heavy (non-hydrogen) atoms. The highest BCUT2D eigenvalue weighted by Gasteiger charge is 2.56. The molecule has 212 valence electrons. The second-order valence-corrected chi connectivity index (χ2v) is 10.5. The maximum absolute atomic E-state index is 13.4. The number of aromatic amines is 1. The Bertz CT molecular complexity index is 1360. The van der Waals surface area contributed by atoms with Crippen molar-refractivity contribution in [3.63, 3.8) is 0 Å². The Balaban J connectivity index is 1.90. The highest BCUT2D eigenvalue weighted by molar-refractivity contribution is 7.36. The van der Waals surface area contributed by atoms with E-state index in [-0.39, 0.29) is 5.75 Å². The van der Waals surface area contributed by atoms with Crippen molar-refractivity contribution in [3.8, 4) is 5.75 Å². The summed E-state index contributed by atoms with van der Waals surface area (Å²) in [6.07, 6.45) is -4.90. The Morgan fingerprint density at radius 1 is 1.31 bits per heavy atom. The summed E-state index contributed by atoms with van der Waals surface area (Å²) in [7, 11) is -3.55. The van der Waals surface area contributed by atoms with Crippen LogP contribution in [0.5, 0.6) is 5.75 Å². The molecule has 1 aromatic carbocycles. The Kier molecular flexibility index (Phi) is 9.35. The zero-order chi connectivity index (χ0) is 29.0. The number of rotatable bonds is 11. The van der Waals surface area contributed by atoms with E-state index in [2.05, 4.69) is 10.0 Å². The van der Waals surface area contributed by atoms with Crippen LogP contribution in [0.15, 0.2) is 57.3 Å². The number of hydrogen-bond donors (Lipinski definition) is 3. The molecule has 1 fully saturated rings. The minimum absolute atomic E-state index is 0.208. The maximum atomic E-state index is 13.4. The molecule has 1 aliphatic rings. The van der Waals surface area contributed by atoms with Gasteiger partial charge in [0.05, 0.1) is 12.7 Å². The quantitative estimate of drug-likeness (QED) is 0.0874. The summed E-state index contributed by atoms with van der Waals surface area (Å²) < 4.78 is 30.5. The molecule has 0 bridgehead atoms. The summed E-state index contributed by atoms with van der Waals surface area (Å²) in [5, 5.41) is 24.7. The van der Waals surface area contributed by atoms with Crippen LogP contribution in [0.3, 0.4) is 0 Å². The van der Waals surface area contributed by atoms with E-state index >= 15 is 0 Å².